The van der Waals surface area contributed by atoms with Crippen molar-refractivity contribution in [2.24, 2.45) is 17.8 Å². The molecule has 8 heteroatoms. The molecule has 8 atom stereocenters. The van der Waals surface area contributed by atoms with E-state index in [0.717, 1.165) is 44.2 Å². The normalized spacial score (nSPS) is 29.0. The summed E-state index contributed by atoms with van der Waals surface area (Å²) in [5.41, 5.74) is 1.49. The molecule has 0 bridgehead atoms. The molecule has 2 aliphatic carbocycles. The predicted molar refractivity (Wildman–Crippen MR) is 151 cm³/mol. The van der Waals surface area contributed by atoms with Crippen LogP contribution in [0.5, 0.6) is 11.5 Å². The number of hydrogen-bond donors (Lipinski definition) is 5. The van der Waals surface area contributed by atoms with Gasteiger partial charge in [-0.1, -0.05) is 24.7 Å². The van der Waals surface area contributed by atoms with Gasteiger partial charge in [0.1, 0.15) is 11.7 Å². The zero-order valence-corrected chi connectivity index (χ0v) is 23.8. The summed E-state index contributed by atoms with van der Waals surface area (Å²) < 4.78 is 5.27. The van der Waals surface area contributed by atoms with Crippen molar-refractivity contribution >= 4 is 11.6 Å². The molecule has 5 N–H and O–H groups in total. The second-order valence-electron chi connectivity index (χ2n) is 12.1. The summed E-state index contributed by atoms with van der Waals surface area (Å²) in [6, 6.07) is 3.61. The molecule has 4 rings (SSSR count). The number of carbonyl (C=O) groups excluding carboxylic acids is 2. The topological polar surface area (TPSA) is 136 Å². The largest absolute Gasteiger partial charge is 0.504 e. The number of aliphatic hydroxyl groups is 3. The van der Waals surface area contributed by atoms with Crippen molar-refractivity contribution in [2.75, 3.05) is 13.7 Å². The van der Waals surface area contributed by atoms with Crippen LogP contribution in [0.25, 0.3) is 0 Å². The smallest absolute Gasteiger partial charge is 0.160 e. The van der Waals surface area contributed by atoms with Gasteiger partial charge in [-0.25, -0.2) is 0 Å². The molecule has 2 fully saturated rings. The lowest BCUT2D eigenvalue weighted by Crippen LogP contribution is -2.48. The maximum absolute atomic E-state index is 13.2. The molecule has 8 unspecified atom stereocenters. The highest BCUT2D eigenvalue weighted by Gasteiger charge is 2.34. The number of unbranched alkanes of at least 4 members (excludes halogenated alkanes) is 1. The molecule has 220 valence electrons. The van der Waals surface area contributed by atoms with Gasteiger partial charge in [0.15, 0.2) is 17.3 Å². The number of Topliss-reactive ketones (excluding diaryl/α,β-unsaturated/α-hetero) is 2. The second-order valence-corrected chi connectivity index (χ2v) is 12.1. The van der Waals surface area contributed by atoms with E-state index < -0.39 is 30.1 Å². The van der Waals surface area contributed by atoms with Gasteiger partial charge in [0.25, 0.3) is 0 Å². The third-order valence-corrected chi connectivity index (χ3v) is 9.11. The monoisotopic (exact) mass is 555 g/mol. The molecule has 1 heterocycles. The van der Waals surface area contributed by atoms with Crippen LogP contribution in [0.4, 0.5) is 0 Å². The third kappa shape index (κ3) is 7.64. The number of carbonyl (C=O) groups is 2. The Morgan fingerprint density at radius 2 is 1.90 bits per heavy atom. The average Bonchev–Trinajstić information content (AvgIpc) is 2.99. The molecular weight excluding hydrogens is 510 g/mol. The van der Waals surface area contributed by atoms with Crippen molar-refractivity contribution in [2.45, 2.75) is 108 Å². The standard InChI is InChI=1S/C32H45NO7/c1-19(34)30(38)14-21-8-11-25(29(37)12-9-22-15-32(40-2)31(39)17-26(21)22)28(36)6-4-3-5-20-13-23-7-10-24(35)16-27(23)33-18-20/h15,17,19-21,23,25,27-28,30,33-34,36,38-39H,3-7,9-10,12-14,16,18H2,1-2H3. The summed E-state index contributed by atoms with van der Waals surface area (Å²) in [5, 5.41) is 45.4. The SMILES string of the molecule is COc1cc2c(cc1O)C(CC(O)C(C)O)C#CC(C(O)CCCCC1CNC3CC(=O)CCC3C1)C(=O)CC2. The Labute approximate surface area is 237 Å². The van der Waals surface area contributed by atoms with E-state index in [1.807, 2.05) is 0 Å². The van der Waals surface area contributed by atoms with Gasteiger partial charge >= 0.3 is 0 Å². The minimum absolute atomic E-state index is 0.0533. The van der Waals surface area contributed by atoms with Crippen molar-refractivity contribution in [3.05, 3.63) is 23.3 Å². The van der Waals surface area contributed by atoms with Crippen molar-refractivity contribution in [1.82, 2.24) is 5.32 Å². The zero-order valence-electron chi connectivity index (χ0n) is 23.8. The fraction of sp³-hybridized carbons (Fsp3) is 0.688. The molecule has 1 aliphatic heterocycles. The molecule has 1 aromatic carbocycles. The minimum Gasteiger partial charge on any atom is -0.504 e. The van der Waals surface area contributed by atoms with Crippen molar-refractivity contribution < 1.29 is 34.8 Å². The lowest BCUT2D eigenvalue weighted by Gasteiger charge is -2.39. The molecular formula is C32H45NO7. The first-order valence-electron chi connectivity index (χ1n) is 14.9. The predicted octanol–water partition coefficient (Wildman–Crippen LogP) is 3.02. The summed E-state index contributed by atoms with van der Waals surface area (Å²) in [4.78, 5) is 24.9. The Morgan fingerprint density at radius 1 is 1.10 bits per heavy atom. The Hall–Kier alpha value is -2.44. The van der Waals surface area contributed by atoms with Crippen LogP contribution in [0.3, 0.4) is 0 Å². The zero-order chi connectivity index (χ0) is 28.8. The highest BCUT2D eigenvalue weighted by Crippen LogP contribution is 2.37. The van der Waals surface area contributed by atoms with Crippen LogP contribution in [-0.4, -0.2) is 70.0 Å². The van der Waals surface area contributed by atoms with Crippen LogP contribution in [0.15, 0.2) is 12.1 Å². The van der Waals surface area contributed by atoms with Gasteiger partial charge in [0.05, 0.1) is 25.4 Å². The second kappa shape index (κ2) is 14.0. The number of phenols is 1. The molecule has 8 nitrogen and oxygen atoms in total. The fourth-order valence-corrected chi connectivity index (χ4v) is 6.61. The number of hydrogen-bond acceptors (Lipinski definition) is 8. The number of phenolic OH excluding ortho intramolecular Hbond substituents is 1. The number of aromatic hydroxyl groups is 1. The first-order valence-corrected chi connectivity index (χ1v) is 14.9. The van der Waals surface area contributed by atoms with Crippen LogP contribution < -0.4 is 10.1 Å². The Balaban J connectivity index is 1.38. The van der Waals surface area contributed by atoms with E-state index in [1.165, 1.54) is 14.0 Å². The highest BCUT2D eigenvalue weighted by atomic mass is 16.5. The first kappa shape index (κ1) is 30.5. The lowest BCUT2D eigenvalue weighted by atomic mass is 9.74. The number of piperidine rings is 1. The third-order valence-electron chi connectivity index (χ3n) is 9.11. The van der Waals surface area contributed by atoms with Gasteiger partial charge in [-0.05, 0) is 87.1 Å². The summed E-state index contributed by atoms with van der Waals surface area (Å²) in [7, 11) is 1.46. The van der Waals surface area contributed by atoms with Gasteiger partial charge in [0, 0.05) is 31.2 Å². The van der Waals surface area contributed by atoms with Crippen LogP contribution in [0.2, 0.25) is 0 Å². The molecule has 40 heavy (non-hydrogen) atoms. The van der Waals surface area contributed by atoms with E-state index in [9.17, 15) is 30.0 Å². The molecule has 1 saturated heterocycles. The maximum Gasteiger partial charge on any atom is 0.160 e. The van der Waals surface area contributed by atoms with E-state index in [2.05, 4.69) is 17.2 Å². The molecule has 3 aliphatic rings. The van der Waals surface area contributed by atoms with E-state index in [-0.39, 0.29) is 24.4 Å². The van der Waals surface area contributed by atoms with Gasteiger partial charge in [0.2, 0.25) is 0 Å². The van der Waals surface area contributed by atoms with Crippen LogP contribution in [0, 0.1) is 29.6 Å². The minimum atomic E-state index is -1.03. The number of rotatable bonds is 10. The molecule has 0 amide bonds. The van der Waals surface area contributed by atoms with Gasteiger partial charge in [-0.15, -0.1) is 0 Å². The Morgan fingerprint density at radius 3 is 2.65 bits per heavy atom. The number of benzene rings is 1. The molecule has 0 spiro atoms. The van der Waals surface area contributed by atoms with Gasteiger partial charge in [-0.2, -0.15) is 0 Å². The number of fused-ring (bicyclic) bond motifs is 2. The average molecular weight is 556 g/mol. The quantitative estimate of drug-likeness (QED) is 0.220. The van der Waals surface area contributed by atoms with Crippen LogP contribution >= 0.6 is 0 Å². The number of ether oxygens (including phenoxy) is 1. The number of nitrogens with one attached hydrogen (secondary N) is 1. The van der Waals surface area contributed by atoms with Gasteiger partial charge < -0.3 is 30.5 Å². The summed E-state index contributed by atoms with van der Waals surface area (Å²) in [6.07, 6.45) is 4.64. The number of aryl methyl sites for hydroxylation is 1. The molecule has 0 aromatic heterocycles. The van der Waals surface area contributed by atoms with Crippen molar-refractivity contribution in [3.63, 3.8) is 0 Å². The van der Waals surface area contributed by atoms with Crippen LogP contribution in [0.1, 0.15) is 88.2 Å². The number of methoxy groups -OCH3 is 1. The Bertz CT molecular complexity index is 1110. The molecule has 0 radical (unpaired) electrons. The van der Waals surface area contributed by atoms with Crippen molar-refractivity contribution in [3.8, 4) is 23.3 Å². The molecule has 1 saturated carbocycles. The number of aliphatic hydroxyl groups excluding tert-OH is 3. The number of ketones is 2. The van der Waals surface area contributed by atoms with E-state index >= 15 is 0 Å². The lowest BCUT2D eigenvalue weighted by molar-refractivity contribution is -0.124. The maximum atomic E-state index is 13.2. The van der Waals surface area contributed by atoms with E-state index in [0.29, 0.717) is 60.7 Å². The fourth-order valence-electron chi connectivity index (χ4n) is 6.61. The van der Waals surface area contributed by atoms with Crippen LogP contribution in [-0.2, 0) is 16.0 Å². The Kier molecular flexibility index (Phi) is 10.6. The molecule has 1 aromatic rings. The van der Waals surface area contributed by atoms with E-state index in [4.69, 9.17) is 4.74 Å². The van der Waals surface area contributed by atoms with E-state index in [1.54, 1.807) is 12.1 Å². The van der Waals surface area contributed by atoms with Crippen molar-refractivity contribution in [1.29, 1.82) is 0 Å². The summed E-state index contributed by atoms with van der Waals surface area (Å²) in [5.74, 6) is 6.44. The summed E-state index contributed by atoms with van der Waals surface area (Å²) in [6.45, 7) is 2.44. The summed E-state index contributed by atoms with van der Waals surface area (Å²) >= 11 is 0. The first-order chi connectivity index (χ1) is 19.2. The van der Waals surface area contributed by atoms with Gasteiger partial charge in [-0.3, -0.25) is 9.59 Å². The highest BCUT2D eigenvalue weighted by molar-refractivity contribution is 5.85.